The van der Waals surface area contributed by atoms with E-state index in [1.54, 1.807) is 6.92 Å². The van der Waals surface area contributed by atoms with Crippen molar-refractivity contribution in [1.29, 1.82) is 0 Å². The zero-order chi connectivity index (χ0) is 15.4. The van der Waals surface area contributed by atoms with Gasteiger partial charge in [0.25, 0.3) is 0 Å². The Morgan fingerprint density at radius 1 is 1.21 bits per heavy atom. The molecule has 0 aromatic rings. The van der Waals surface area contributed by atoms with Gasteiger partial charge in [-0.2, -0.15) is 0 Å². The molecule has 0 bridgehead atoms. The van der Waals surface area contributed by atoms with E-state index in [4.69, 9.17) is 4.74 Å². The summed E-state index contributed by atoms with van der Waals surface area (Å²) in [5, 5.41) is 2.58. The first-order chi connectivity index (χ1) is 8.66. The molecule has 7 heteroatoms. The summed E-state index contributed by atoms with van der Waals surface area (Å²) in [6, 6.07) is 0. The molecule has 19 heavy (non-hydrogen) atoms. The number of carbonyl (C=O) groups is 3. The highest BCUT2D eigenvalue weighted by molar-refractivity contribution is 5.95. The Hall–Kier alpha value is -1.89. The van der Waals surface area contributed by atoms with E-state index in [-0.39, 0.29) is 19.1 Å². The molecule has 110 valence electrons. The van der Waals surface area contributed by atoms with Crippen molar-refractivity contribution in [2.45, 2.75) is 27.2 Å². The average Bonchev–Trinajstić information content (AvgIpc) is 2.22. The van der Waals surface area contributed by atoms with Gasteiger partial charge in [-0.15, -0.1) is 0 Å². The van der Waals surface area contributed by atoms with Gasteiger partial charge in [-0.1, -0.05) is 20.4 Å². The minimum absolute atomic E-state index is 0.154. The van der Waals surface area contributed by atoms with Gasteiger partial charge < -0.3 is 21.5 Å². The highest BCUT2D eigenvalue weighted by Crippen LogP contribution is 1.91. The molecule has 0 fully saturated rings. The summed E-state index contributed by atoms with van der Waals surface area (Å²) in [5.41, 5.74) is 9.61. The highest BCUT2D eigenvalue weighted by atomic mass is 16.5. The van der Waals surface area contributed by atoms with E-state index in [2.05, 4.69) is 37.2 Å². The summed E-state index contributed by atoms with van der Waals surface area (Å²) in [5.74, 6) is -1.04. The Labute approximate surface area is 113 Å². The smallest absolute Gasteiger partial charge is 0.248 e. The second kappa shape index (κ2) is 11.2. The molecule has 5 N–H and O–H groups in total. The van der Waals surface area contributed by atoms with Crippen molar-refractivity contribution < 1.29 is 19.1 Å². The van der Waals surface area contributed by atoms with Crippen LogP contribution in [-0.4, -0.2) is 31.1 Å². The Bertz CT molecular complexity index is 315. The molecule has 0 aromatic carbocycles. The standard InChI is InChI=1S/C9H17NO2.C3H6N2O2/c1-7(2)5-12-6-10-9(11)8(3)4;4-2(6)1-3(5)7/h7H,3,5-6H2,1-2,4H3,(H,10,11);1H2,(H2,4,6)(H2,5,7). The van der Waals surface area contributed by atoms with E-state index in [0.717, 1.165) is 0 Å². The van der Waals surface area contributed by atoms with E-state index in [0.29, 0.717) is 18.1 Å². The molecule has 3 amide bonds. The maximum atomic E-state index is 10.9. The number of carbonyl (C=O) groups excluding carboxylic acids is 3. The van der Waals surface area contributed by atoms with Crippen LogP contribution in [0.2, 0.25) is 0 Å². The summed E-state index contributed by atoms with van der Waals surface area (Å²) >= 11 is 0. The van der Waals surface area contributed by atoms with Crippen molar-refractivity contribution in [3.63, 3.8) is 0 Å². The summed E-state index contributed by atoms with van der Waals surface area (Å²) in [4.78, 5) is 30.4. The molecule has 0 heterocycles. The van der Waals surface area contributed by atoms with Gasteiger partial charge in [0.15, 0.2) is 0 Å². The van der Waals surface area contributed by atoms with Crippen LogP contribution in [-0.2, 0) is 19.1 Å². The van der Waals surface area contributed by atoms with Crippen LogP contribution >= 0.6 is 0 Å². The number of hydrogen-bond acceptors (Lipinski definition) is 4. The van der Waals surface area contributed by atoms with Crippen molar-refractivity contribution in [3.05, 3.63) is 12.2 Å². The number of nitrogens with one attached hydrogen (secondary N) is 1. The number of amides is 3. The lowest BCUT2D eigenvalue weighted by Crippen LogP contribution is -2.27. The lowest BCUT2D eigenvalue weighted by Gasteiger charge is -2.07. The molecule has 0 saturated heterocycles. The quantitative estimate of drug-likeness (QED) is 0.254. The summed E-state index contributed by atoms with van der Waals surface area (Å²) < 4.78 is 5.14. The molecular formula is C12H23N3O4. The van der Waals surface area contributed by atoms with Crippen LogP contribution < -0.4 is 16.8 Å². The number of primary amides is 2. The second-order valence-electron chi connectivity index (χ2n) is 4.30. The molecule has 0 atom stereocenters. The Balaban J connectivity index is 0. The predicted octanol–water partition coefficient (Wildman–Crippen LogP) is -0.344. The number of nitrogens with two attached hydrogens (primary N) is 2. The van der Waals surface area contributed by atoms with E-state index in [9.17, 15) is 14.4 Å². The zero-order valence-corrected chi connectivity index (χ0v) is 11.7. The van der Waals surface area contributed by atoms with Crippen LogP contribution in [0.15, 0.2) is 12.2 Å². The van der Waals surface area contributed by atoms with Gasteiger partial charge in [-0.25, -0.2) is 0 Å². The molecule has 0 radical (unpaired) electrons. The number of hydrogen-bond donors (Lipinski definition) is 3. The zero-order valence-electron chi connectivity index (χ0n) is 11.7. The molecule has 7 nitrogen and oxygen atoms in total. The first-order valence-corrected chi connectivity index (χ1v) is 5.74. The Morgan fingerprint density at radius 2 is 1.68 bits per heavy atom. The van der Waals surface area contributed by atoms with Crippen molar-refractivity contribution >= 4 is 17.7 Å². The number of rotatable bonds is 7. The van der Waals surface area contributed by atoms with E-state index in [1.807, 2.05) is 0 Å². The fourth-order valence-electron chi connectivity index (χ4n) is 0.734. The third kappa shape index (κ3) is 18.7. The summed E-state index contributed by atoms with van der Waals surface area (Å²) in [6.07, 6.45) is -0.361. The molecule has 0 spiro atoms. The monoisotopic (exact) mass is 273 g/mol. The highest BCUT2D eigenvalue weighted by Gasteiger charge is 1.99. The van der Waals surface area contributed by atoms with E-state index in [1.165, 1.54) is 0 Å². The van der Waals surface area contributed by atoms with E-state index < -0.39 is 11.8 Å². The molecule has 0 aliphatic heterocycles. The largest absolute Gasteiger partial charge is 0.369 e. The van der Waals surface area contributed by atoms with Gasteiger partial charge in [-0.3, -0.25) is 14.4 Å². The molecule has 0 saturated carbocycles. The van der Waals surface area contributed by atoms with Gasteiger partial charge in [-0.05, 0) is 12.8 Å². The second-order valence-corrected chi connectivity index (χ2v) is 4.30. The molecule has 0 rings (SSSR count). The van der Waals surface area contributed by atoms with Crippen LogP contribution in [0.3, 0.4) is 0 Å². The lowest BCUT2D eigenvalue weighted by molar-refractivity contribution is -0.125. The van der Waals surface area contributed by atoms with Crippen molar-refractivity contribution in [1.82, 2.24) is 5.32 Å². The molecule has 0 aliphatic rings. The average molecular weight is 273 g/mol. The fraction of sp³-hybridized carbons (Fsp3) is 0.583. The normalized spacial score (nSPS) is 9.26. The summed E-state index contributed by atoms with van der Waals surface area (Å²) in [6.45, 7) is 10.2. The minimum atomic E-state index is -0.687. The third-order valence-corrected chi connectivity index (χ3v) is 1.52. The lowest BCUT2D eigenvalue weighted by atomic mass is 10.2. The van der Waals surface area contributed by atoms with Gasteiger partial charge in [0.2, 0.25) is 17.7 Å². The van der Waals surface area contributed by atoms with Crippen molar-refractivity contribution in [3.8, 4) is 0 Å². The molecule has 0 aromatic heterocycles. The topological polar surface area (TPSA) is 125 Å². The Kier molecular flexibility index (Phi) is 11.5. The first kappa shape index (κ1) is 19.4. The SMILES string of the molecule is C=C(C)C(=O)NCOCC(C)C.NC(=O)CC(N)=O. The first-order valence-electron chi connectivity index (χ1n) is 5.74. The van der Waals surface area contributed by atoms with Crippen LogP contribution in [0.5, 0.6) is 0 Å². The summed E-state index contributed by atoms with van der Waals surface area (Å²) in [7, 11) is 0. The minimum Gasteiger partial charge on any atom is -0.369 e. The maximum Gasteiger partial charge on any atom is 0.248 e. The van der Waals surface area contributed by atoms with Gasteiger partial charge in [0.1, 0.15) is 13.2 Å². The van der Waals surface area contributed by atoms with Crippen LogP contribution in [0.4, 0.5) is 0 Å². The molecule has 0 aliphatic carbocycles. The van der Waals surface area contributed by atoms with Gasteiger partial charge >= 0.3 is 0 Å². The van der Waals surface area contributed by atoms with Crippen molar-refractivity contribution in [2.24, 2.45) is 17.4 Å². The number of ether oxygens (including phenoxy) is 1. The fourth-order valence-corrected chi connectivity index (χ4v) is 0.734. The van der Waals surface area contributed by atoms with Crippen LogP contribution in [0.25, 0.3) is 0 Å². The van der Waals surface area contributed by atoms with Crippen LogP contribution in [0, 0.1) is 5.92 Å². The molecular weight excluding hydrogens is 250 g/mol. The van der Waals surface area contributed by atoms with E-state index >= 15 is 0 Å². The maximum absolute atomic E-state index is 10.9. The molecule has 0 unspecified atom stereocenters. The predicted molar refractivity (Wildman–Crippen MR) is 71.6 cm³/mol. The van der Waals surface area contributed by atoms with Gasteiger partial charge in [0.05, 0.1) is 6.61 Å². The van der Waals surface area contributed by atoms with Crippen LogP contribution in [0.1, 0.15) is 27.2 Å². The van der Waals surface area contributed by atoms with Gasteiger partial charge in [0, 0.05) is 5.57 Å². The third-order valence-electron chi connectivity index (χ3n) is 1.52. The Morgan fingerprint density at radius 3 is 1.95 bits per heavy atom. The van der Waals surface area contributed by atoms with Crippen molar-refractivity contribution in [2.75, 3.05) is 13.3 Å².